The number of anilines is 1. The van der Waals surface area contributed by atoms with E-state index in [2.05, 4.69) is 49.6 Å². The van der Waals surface area contributed by atoms with Crippen LogP contribution < -0.4 is 10.1 Å². The number of halogens is 1. The Hall–Kier alpha value is -3.91. The molecule has 0 saturated carbocycles. The molecule has 0 amide bonds. The Morgan fingerprint density at radius 3 is 2.66 bits per heavy atom. The maximum Gasteiger partial charge on any atom is 0.140 e. The van der Waals surface area contributed by atoms with Crippen LogP contribution in [0.1, 0.15) is 18.4 Å². The molecule has 0 aliphatic rings. The molecule has 5 rings (SSSR count). The van der Waals surface area contributed by atoms with Crippen molar-refractivity contribution in [1.82, 2.24) is 29.1 Å². The number of aryl methyl sites for hydroxylation is 1. The minimum absolute atomic E-state index is 0.642. The maximum absolute atomic E-state index is 5.81. The number of unbranched alkanes of at least 4 members (excludes halogenated alkanes) is 1. The van der Waals surface area contributed by atoms with Crippen LogP contribution in [0.25, 0.3) is 28.2 Å². The number of aromatic nitrogens is 6. The lowest BCUT2D eigenvalue weighted by Gasteiger charge is -2.09. The van der Waals surface area contributed by atoms with Gasteiger partial charge in [-0.15, -0.1) is 11.6 Å². The maximum atomic E-state index is 5.81. The predicted molar refractivity (Wildman–Crippen MR) is 138 cm³/mol. The topological polar surface area (TPSA) is 82.2 Å². The highest BCUT2D eigenvalue weighted by Gasteiger charge is 2.10. The third-order valence-electron chi connectivity index (χ3n) is 5.68. The highest BCUT2D eigenvalue weighted by molar-refractivity contribution is 6.17. The molecule has 4 aromatic heterocycles. The van der Waals surface area contributed by atoms with E-state index in [1.165, 1.54) is 0 Å². The first kappa shape index (κ1) is 22.9. The van der Waals surface area contributed by atoms with E-state index in [9.17, 15) is 0 Å². The number of hydrogen-bond acceptors (Lipinski definition) is 6. The molecule has 0 radical (unpaired) electrons. The van der Waals surface area contributed by atoms with Gasteiger partial charge in [-0.25, -0.2) is 15.0 Å². The van der Waals surface area contributed by atoms with Gasteiger partial charge in [-0.2, -0.15) is 5.10 Å². The zero-order chi connectivity index (χ0) is 24.0. The molecule has 35 heavy (non-hydrogen) atoms. The van der Waals surface area contributed by atoms with Crippen molar-refractivity contribution in [3.05, 3.63) is 79.1 Å². The summed E-state index contributed by atoms with van der Waals surface area (Å²) in [6.07, 6.45) is 11.1. The van der Waals surface area contributed by atoms with Crippen LogP contribution in [0.15, 0.2) is 73.6 Å². The number of rotatable bonds is 10. The Bertz CT molecular complexity index is 1410. The Kier molecular flexibility index (Phi) is 6.90. The average Bonchev–Trinajstić information content (AvgIpc) is 3.52. The standard InChI is InChI=1S/C26H26ClN7O/c1-33-17-21(15-32-33)20-6-4-19(5-7-20)14-28-25-13-23(30-18-31-25)24-16-29-26-12-22(8-10-34(24)26)35-11-3-2-9-27/h4-8,10,12-13,15-18H,2-3,9,11,14H2,1H3,(H,28,30,31). The molecule has 0 unspecified atom stereocenters. The van der Waals surface area contributed by atoms with E-state index in [0.29, 0.717) is 19.0 Å². The SMILES string of the molecule is Cn1cc(-c2ccc(CNc3cc(-c4cnc5cc(OCCCCCl)ccn45)ncn3)cc2)cn1. The summed E-state index contributed by atoms with van der Waals surface area (Å²) in [5.41, 5.74) is 5.88. The van der Waals surface area contributed by atoms with E-state index < -0.39 is 0 Å². The Morgan fingerprint density at radius 1 is 0.971 bits per heavy atom. The molecule has 0 aliphatic heterocycles. The summed E-state index contributed by atoms with van der Waals surface area (Å²) in [5, 5.41) is 7.63. The lowest BCUT2D eigenvalue weighted by atomic mass is 10.1. The number of alkyl halides is 1. The number of benzene rings is 1. The molecular weight excluding hydrogens is 462 g/mol. The van der Waals surface area contributed by atoms with Crippen LogP contribution in [0.3, 0.4) is 0 Å². The van der Waals surface area contributed by atoms with Crippen molar-refractivity contribution in [2.75, 3.05) is 17.8 Å². The molecule has 0 fully saturated rings. The number of nitrogens with one attached hydrogen (secondary N) is 1. The molecule has 0 atom stereocenters. The van der Waals surface area contributed by atoms with Gasteiger partial charge in [0.15, 0.2) is 0 Å². The van der Waals surface area contributed by atoms with Gasteiger partial charge in [-0.3, -0.25) is 9.08 Å². The Balaban J connectivity index is 1.25. The van der Waals surface area contributed by atoms with Crippen molar-refractivity contribution in [2.45, 2.75) is 19.4 Å². The predicted octanol–water partition coefficient (Wildman–Crippen LogP) is 5.20. The molecule has 0 bridgehead atoms. The third-order valence-corrected chi connectivity index (χ3v) is 5.94. The fourth-order valence-electron chi connectivity index (χ4n) is 3.80. The van der Waals surface area contributed by atoms with Gasteiger partial charge in [0.25, 0.3) is 0 Å². The van der Waals surface area contributed by atoms with Gasteiger partial charge in [-0.1, -0.05) is 24.3 Å². The first-order valence-corrected chi connectivity index (χ1v) is 12.0. The highest BCUT2D eigenvalue weighted by atomic mass is 35.5. The molecule has 178 valence electrons. The number of ether oxygens (including phenoxy) is 1. The summed E-state index contributed by atoms with van der Waals surface area (Å²) in [6.45, 7) is 1.30. The molecule has 1 N–H and O–H groups in total. The Morgan fingerprint density at radius 2 is 1.86 bits per heavy atom. The normalized spacial score (nSPS) is 11.1. The van der Waals surface area contributed by atoms with E-state index in [1.807, 2.05) is 54.4 Å². The lowest BCUT2D eigenvalue weighted by Crippen LogP contribution is -2.02. The molecule has 0 saturated heterocycles. The van der Waals surface area contributed by atoms with Crippen LogP contribution >= 0.6 is 11.6 Å². The fraction of sp³-hybridized carbons (Fsp3) is 0.231. The molecular formula is C26H26ClN7O. The van der Waals surface area contributed by atoms with E-state index in [-0.39, 0.29) is 0 Å². The van der Waals surface area contributed by atoms with Crippen LogP contribution in [-0.4, -0.2) is 41.6 Å². The molecule has 8 nitrogen and oxygen atoms in total. The quantitative estimate of drug-likeness (QED) is 0.215. The summed E-state index contributed by atoms with van der Waals surface area (Å²) in [7, 11) is 1.92. The summed E-state index contributed by atoms with van der Waals surface area (Å²) in [5.74, 6) is 2.20. The summed E-state index contributed by atoms with van der Waals surface area (Å²) in [6, 6.07) is 14.2. The van der Waals surface area contributed by atoms with Gasteiger partial charge < -0.3 is 10.1 Å². The molecule has 9 heteroatoms. The van der Waals surface area contributed by atoms with Gasteiger partial charge in [0.2, 0.25) is 0 Å². The zero-order valence-corrected chi connectivity index (χ0v) is 20.2. The molecule has 1 aromatic carbocycles. The van der Waals surface area contributed by atoms with Crippen LogP contribution in [0, 0.1) is 0 Å². The molecule has 4 heterocycles. The van der Waals surface area contributed by atoms with Crippen LogP contribution in [0.4, 0.5) is 5.82 Å². The Labute approximate surface area is 208 Å². The minimum Gasteiger partial charge on any atom is -0.493 e. The minimum atomic E-state index is 0.642. The summed E-state index contributed by atoms with van der Waals surface area (Å²) >= 11 is 5.73. The number of hydrogen-bond donors (Lipinski definition) is 1. The first-order valence-electron chi connectivity index (χ1n) is 11.5. The van der Waals surface area contributed by atoms with Crippen LogP contribution in [-0.2, 0) is 13.6 Å². The zero-order valence-electron chi connectivity index (χ0n) is 19.4. The number of pyridine rings is 1. The van der Waals surface area contributed by atoms with Crippen molar-refractivity contribution in [3.63, 3.8) is 0 Å². The second-order valence-corrected chi connectivity index (χ2v) is 8.60. The second-order valence-electron chi connectivity index (χ2n) is 8.22. The van der Waals surface area contributed by atoms with Crippen molar-refractivity contribution >= 4 is 23.1 Å². The first-order chi connectivity index (χ1) is 17.2. The largest absolute Gasteiger partial charge is 0.493 e. The second kappa shape index (κ2) is 10.6. The smallest absolute Gasteiger partial charge is 0.140 e. The van der Waals surface area contributed by atoms with Crippen molar-refractivity contribution in [1.29, 1.82) is 0 Å². The van der Waals surface area contributed by atoms with E-state index >= 15 is 0 Å². The average molecular weight is 488 g/mol. The van der Waals surface area contributed by atoms with Crippen LogP contribution in [0.5, 0.6) is 5.75 Å². The third kappa shape index (κ3) is 5.44. The van der Waals surface area contributed by atoms with Gasteiger partial charge >= 0.3 is 0 Å². The van der Waals surface area contributed by atoms with Gasteiger partial charge in [0, 0.05) is 49.6 Å². The van der Waals surface area contributed by atoms with Gasteiger partial charge in [-0.05, 0) is 30.0 Å². The monoisotopic (exact) mass is 487 g/mol. The molecule has 0 spiro atoms. The number of imidazole rings is 1. The fourth-order valence-corrected chi connectivity index (χ4v) is 3.99. The van der Waals surface area contributed by atoms with E-state index in [4.69, 9.17) is 16.3 Å². The lowest BCUT2D eigenvalue weighted by molar-refractivity contribution is 0.309. The summed E-state index contributed by atoms with van der Waals surface area (Å²) in [4.78, 5) is 13.4. The van der Waals surface area contributed by atoms with Crippen molar-refractivity contribution in [3.8, 4) is 28.3 Å². The molecule has 0 aliphatic carbocycles. The van der Waals surface area contributed by atoms with Gasteiger partial charge in [0.05, 0.1) is 30.4 Å². The highest BCUT2D eigenvalue weighted by Crippen LogP contribution is 2.24. The number of nitrogens with zero attached hydrogens (tertiary/aromatic N) is 6. The van der Waals surface area contributed by atoms with E-state index in [1.54, 1.807) is 11.0 Å². The van der Waals surface area contributed by atoms with Crippen LogP contribution in [0.2, 0.25) is 0 Å². The van der Waals surface area contributed by atoms with Crippen molar-refractivity contribution < 1.29 is 4.74 Å². The molecule has 5 aromatic rings. The van der Waals surface area contributed by atoms with Crippen molar-refractivity contribution in [2.24, 2.45) is 7.05 Å². The summed E-state index contributed by atoms with van der Waals surface area (Å²) < 4.78 is 9.61. The number of fused-ring (bicyclic) bond motifs is 1. The van der Waals surface area contributed by atoms with Gasteiger partial charge in [0.1, 0.15) is 23.5 Å². The van der Waals surface area contributed by atoms with E-state index in [0.717, 1.165) is 58.1 Å².